The van der Waals surface area contributed by atoms with E-state index in [2.05, 4.69) is 5.32 Å². The lowest BCUT2D eigenvalue weighted by atomic mass is 10.0. The van der Waals surface area contributed by atoms with E-state index in [-0.39, 0.29) is 12.4 Å². The van der Waals surface area contributed by atoms with Crippen molar-refractivity contribution in [3.05, 3.63) is 82.1 Å². The fraction of sp³-hybridized carbons (Fsp3) is 0.190. The van der Waals surface area contributed by atoms with Crippen molar-refractivity contribution in [1.82, 2.24) is 5.32 Å². The van der Waals surface area contributed by atoms with Crippen molar-refractivity contribution in [2.24, 2.45) is 0 Å². The Balaban J connectivity index is 0.00000261. The van der Waals surface area contributed by atoms with E-state index in [1.807, 2.05) is 42.5 Å². The summed E-state index contributed by atoms with van der Waals surface area (Å²) in [7, 11) is 0. The van der Waals surface area contributed by atoms with Crippen LogP contribution in [0.15, 0.2) is 59.0 Å². The molecule has 3 aromatic rings. The molecule has 2 N–H and O–H groups in total. The molecule has 0 aliphatic rings. The molecule has 2 aromatic carbocycles. The smallest absolute Gasteiger partial charge is 0.335 e. The first-order chi connectivity index (χ1) is 12.5. The minimum Gasteiger partial charge on any atom is -1.00 e. The molecule has 0 saturated carbocycles. The van der Waals surface area contributed by atoms with Crippen LogP contribution in [0.1, 0.15) is 27.2 Å². The van der Waals surface area contributed by atoms with E-state index in [4.69, 9.17) is 16.0 Å². The van der Waals surface area contributed by atoms with Gasteiger partial charge >= 0.3 is 5.97 Å². The summed E-state index contributed by atoms with van der Waals surface area (Å²) >= 11 is 5.88. The van der Waals surface area contributed by atoms with E-state index in [0.29, 0.717) is 23.4 Å². The molecule has 0 radical (unpaired) electrons. The second-order valence-electron chi connectivity index (χ2n) is 6.10. The number of nitrogens with one attached hydrogen (secondary N) is 1. The lowest BCUT2D eigenvalue weighted by molar-refractivity contribution is -0.0000214. The molecule has 0 spiro atoms. The number of carboxylic acid groups (broad SMARTS) is 1. The van der Waals surface area contributed by atoms with Crippen molar-refractivity contribution in [1.29, 1.82) is 0 Å². The first-order valence-corrected chi connectivity index (χ1v) is 8.79. The number of furan rings is 1. The highest BCUT2D eigenvalue weighted by Gasteiger charge is 2.13. The summed E-state index contributed by atoms with van der Waals surface area (Å²) in [6.07, 6.45) is 0.907. The van der Waals surface area contributed by atoms with E-state index >= 15 is 0 Å². The van der Waals surface area contributed by atoms with Crippen LogP contribution in [0.2, 0.25) is 5.02 Å². The van der Waals surface area contributed by atoms with Gasteiger partial charge in [0.05, 0.1) is 12.1 Å². The van der Waals surface area contributed by atoms with Gasteiger partial charge in [0.2, 0.25) is 0 Å². The molecule has 142 valence electrons. The molecular formula is C21H20Cl2NO3-. The van der Waals surface area contributed by atoms with Gasteiger partial charge in [-0.3, -0.25) is 0 Å². The van der Waals surface area contributed by atoms with Gasteiger partial charge in [0.15, 0.2) is 0 Å². The molecule has 0 aliphatic heterocycles. The van der Waals surface area contributed by atoms with Crippen LogP contribution in [0, 0.1) is 6.92 Å². The number of benzene rings is 2. The summed E-state index contributed by atoms with van der Waals surface area (Å²) in [5, 5.41) is 13.3. The molecule has 1 aromatic heterocycles. The molecule has 0 aliphatic carbocycles. The largest absolute Gasteiger partial charge is 1.00 e. The lowest BCUT2D eigenvalue weighted by Crippen LogP contribution is -3.00. The van der Waals surface area contributed by atoms with E-state index in [9.17, 15) is 9.90 Å². The van der Waals surface area contributed by atoms with Crippen LogP contribution in [0.3, 0.4) is 0 Å². The Kier molecular flexibility index (Phi) is 7.48. The third-order valence-electron chi connectivity index (χ3n) is 4.29. The molecule has 0 unspecified atom stereocenters. The Morgan fingerprint density at radius 2 is 1.85 bits per heavy atom. The predicted octanol–water partition coefficient (Wildman–Crippen LogP) is 1.94. The van der Waals surface area contributed by atoms with Crippen molar-refractivity contribution < 1.29 is 26.7 Å². The zero-order chi connectivity index (χ0) is 18.5. The van der Waals surface area contributed by atoms with Gasteiger partial charge in [-0.05, 0) is 61.3 Å². The molecule has 0 bridgehead atoms. The van der Waals surface area contributed by atoms with Gasteiger partial charge < -0.3 is 27.2 Å². The Morgan fingerprint density at radius 3 is 2.56 bits per heavy atom. The fourth-order valence-electron chi connectivity index (χ4n) is 2.85. The molecule has 6 heteroatoms. The summed E-state index contributed by atoms with van der Waals surface area (Å²) in [6.45, 7) is 3.24. The van der Waals surface area contributed by atoms with E-state index < -0.39 is 5.97 Å². The first kappa shape index (κ1) is 21.0. The highest BCUT2D eigenvalue weighted by molar-refractivity contribution is 6.30. The maximum absolute atomic E-state index is 11.3. The summed E-state index contributed by atoms with van der Waals surface area (Å²) in [6, 6.07) is 16.8. The van der Waals surface area contributed by atoms with Crippen molar-refractivity contribution in [3.63, 3.8) is 0 Å². The normalized spacial score (nSPS) is 10.4. The maximum Gasteiger partial charge on any atom is 0.335 e. The molecule has 0 saturated heterocycles. The quantitative estimate of drug-likeness (QED) is 0.590. The van der Waals surface area contributed by atoms with Gasteiger partial charge in [0.25, 0.3) is 0 Å². The molecular weight excluding hydrogens is 385 g/mol. The molecule has 27 heavy (non-hydrogen) atoms. The Hall–Kier alpha value is -2.27. The van der Waals surface area contributed by atoms with Gasteiger partial charge in [-0.1, -0.05) is 35.9 Å². The Bertz CT molecular complexity index is 904. The summed E-state index contributed by atoms with van der Waals surface area (Å²) in [4.78, 5) is 11.3. The fourth-order valence-corrected chi connectivity index (χ4v) is 2.97. The van der Waals surface area contributed by atoms with E-state index in [1.54, 1.807) is 19.1 Å². The van der Waals surface area contributed by atoms with Gasteiger partial charge in [0, 0.05) is 10.6 Å². The van der Waals surface area contributed by atoms with Crippen molar-refractivity contribution in [3.8, 4) is 11.3 Å². The first-order valence-electron chi connectivity index (χ1n) is 8.42. The molecule has 3 rings (SSSR count). The predicted molar refractivity (Wildman–Crippen MR) is 103 cm³/mol. The highest BCUT2D eigenvalue weighted by Crippen LogP contribution is 2.27. The van der Waals surface area contributed by atoms with Crippen molar-refractivity contribution >= 4 is 17.6 Å². The van der Waals surface area contributed by atoms with Crippen LogP contribution < -0.4 is 17.7 Å². The molecule has 0 amide bonds. The average Bonchev–Trinajstić information content (AvgIpc) is 3.09. The number of rotatable bonds is 7. The zero-order valence-corrected chi connectivity index (χ0v) is 16.3. The maximum atomic E-state index is 11.3. The van der Waals surface area contributed by atoms with Crippen LogP contribution in [-0.4, -0.2) is 17.6 Å². The number of carboxylic acids is 1. The van der Waals surface area contributed by atoms with E-state index in [1.165, 1.54) is 5.56 Å². The van der Waals surface area contributed by atoms with Crippen LogP contribution in [0.5, 0.6) is 0 Å². The van der Waals surface area contributed by atoms with Crippen LogP contribution >= 0.6 is 11.6 Å². The summed E-state index contributed by atoms with van der Waals surface area (Å²) < 4.78 is 5.88. The second-order valence-corrected chi connectivity index (χ2v) is 6.54. The number of hydrogen-bond donors (Lipinski definition) is 2. The number of aromatic carboxylic acids is 1. The third kappa shape index (κ3) is 5.36. The topological polar surface area (TPSA) is 62.5 Å². The molecule has 0 fully saturated rings. The number of halogens is 2. The van der Waals surface area contributed by atoms with Gasteiger partial charge in [0.1, 0.15) is 11.5 Å². The monoisotopic (exact) mass is 404 g/mol. The number of hydrogen-bond acceptors (Lipinski definition) is 3. The highest BCUT2D eigenvalue weighted by atomic mass is 35.5. The lowest BCUT2D eigenvalue weighted by Gasteiger charge is -2.06. The van der Waals surface area contributed by atoms with Gasteiger partial charge in [-0.2, -0.15) is 0 Å². The Morgan fingerprint density at radius 1 is 1.11 bits per heavy atom. The van der Waals surface area contributed by atoms with Gasteiger partial charge in [-0.15, -0.1) is 0 Å². The average molecular weight is 405 g/mol. The van der Waals surface area contributed by atoms with Crippen LogP contribution in [0.4, 0.5) is 0 Å². The van der Waals surface area contributed by atoms with Crippen LogP contribution in [-0.2, 0) is 13.0 Å². The number of carbonyl (C=O) groups is 1. The molecule has 0 atom stereocenters. The summed E-state index contributed by atoms with van der Waals surface area (Å²) in [5.74, 6) is 0.566. The second kappa shape index (κ2) is 9.60. The van der Waals surface area contributed by atoms with Crippen molar-refractivity contribution in [2.45, 2.75) is 19.9 Å². The SMILES string of the molecule is Cc1c(C(=O)O)cccc1-c1ccc(CNCCc2ccc(Cl)cc2)o1.[Cl-]. The van der Waals surface area contributed by atoms with Gasteiger partial charge in [-0.25, -0.2) is 4.79 Å². The van der Waals surface area contributed by atoms with Crippen molar-refractivity contribution in [2.75, 3.05) is 6.54 Å². The van der Waals surface area contributed by atoms with E-state index in [0.717, 1.165) is 29.3 Å². The minimum atomic E-state index is -0.931. The molecule has 4 nitrogen and oxygen atoms in total. The Labute approximate surface area is 169 Å². The third-order valence-corrected chi connectivity index (χ3v) is 4.55. The zero-order valence-electron chi connectivity index (χ0n) is 14.8. The summed E-state index contributed by atoms with van der Waals surface area (Å²) in [5.41, 5.74) is 3.03. The van der Waals surface area contributed by atoms with Crippen LogP contribution in [0.25, 0.3) is 11.3 Å². The molecule has 1 heterocycles. The standard InChI is InChI=1S/C21H20ClNO3.ClH/c1-14-18(3-2-4-19(14)21(24)25)20-10-9-17(26-20)13-23-12-11-15-5-7-16(22)8-6-15;/h2-10,23H,11-13H2,1H3,(H,24,25);1H/p-1. The minimum absolute atomic E-state index is 0.